The number of carbonyl (C=O) groups is 1. The van der Waals surface area contributed by atoms with Gasteiger partial charge in [-0.3, -0.25) is 4.79 Å². The largest absolute Gasteiger partial charge is 0.482 e. The number of morpholine rings is 1. The van der Waals surface area contributed by atoms with Crippen molar-refractivity contribution in [3.05, 3.63) is 53.1 Å². The minimum Gasteiger partial charge on any atom is -0.482 e. The van der Waals surface area contributed by atoms with Crippen molar-refractivity contribution in [1.82, 2.24) is 14.9 Å². The number of rotatable bonds is 4. The maximum atomic E-state index is 12.4. The molecule has 3 rings (SSSR count). The van der Waals surface area contributed by atoms with E-state index in [2.05, 4.69) is 9.97 Å². The van der Waals surface area contributed by atoms with Crippen LogP contribution in [-0.2, 0) is 9.53 Å². The van der Waals surface area contributed by atoms with Gasteiger partial charge < -0.3 is 14.4 Å². The molecule has 0 spiro atoms. The number of benzene rings is 1. The number of halogens is 1. The Bertz CT molecular complexity index is 726. The number of amides is 1. The number of aryl methyl sites for hydroxylation is 1. The van der Waals surface area contributed by atoms with Gasteiger partial charge in [-0.05, 0) is 25.1 Å². The summed E-state index contributed by atoms with van der Waals surface area (Å²) in [5.74, 6) is 1.08. The summed E-state index contributed by atoms with van der Waals surface area (Å²) in [5.41, 5.74) is 0.784. The van der Waals surface area contributed by atoms with Crippen LogP contribution in [0.4, 0.5) is 0 Å². The quantitative estimate of drug-likeness (QED) is 0.849. The average molecular weight is 348 g/mol. The molecule has 1 amide bonds. The zero-order chi connectivity index (χ0) is 16.9. The second-order valence-corrected chi connectivity index (χ2v) is 5.85. The van der Waals surface area contributed by atoms with Gasteiger partial charge in [-0.1, -0.05) is 23.7 Å². The Morgan fingerprint density at radius 1 is 1.42 bits per heavy atom. The molecule has 0 unspecified atom stereocenters. The lowest BCUT2D eigenvalue weighted by Crippen LogP contribution is -2.44. The minimum atomic E-state index is -0.246. The van der Waals surface area contributed by atoms with Gasteiger partial charge in [-0.25, -0.2) is 9.97 Å². The molecule has 2 heterocycles. The molecule has 1 atom stereocenters. The number of nitrogens with zero attached hydrogens (tertiary/aromatic N) is 3. The van der Waals surface area contributed by atoms with E-state index < -0.39 is 0 Å². The number of hydrogen-bond donors (Lipinski definition) is 0. The smallest absolute Gasteiger partial charge is 0.260 e. The first kappa shape index (κ1) is 16.7. The van der Waals surface area contributed by atoms with Crippen LogP contribution in [-0.4, -0.2) is 47.1 Å². The molecule has 126 valence electrons. The molecule has 0 saturated carbocycles. The summed E-state index contributed by atoms with van der Waals surface area (Å²) in [4.78, 5) is 22.6. The molecule has 0 radical (unpaired) electrons. The molecule has 7 heteroatoms. The Morgan fingerprint density at radius 3 is 3.04 bits per heavy atom. The van der Waals surface area contributed by atoms with Crippen LogP contribution in [0.25, 0.3) is 0 Å². The van der Waals surface area contributed by atoms with Crippen molar-refractivity contribution in [1.29, 1.82) is 0 Å². The summed E-state index contributed by atoms with van der Waals surface area (Å²) in [6.45, 7) is 3.21. The number of aromatic nitrogens is 2. The third-order valence-electron chi connectivity index (χ3n) is 3.73. The Hall–Kier alpha value is -2.18. The Kier molecular flexibility index (Phi) is 5.27. The summed E-state index contributed by atoms with van der Waals surface area (Å²) >= 11 is 6.03. The molecule has 1 fully saturated rings. The van der Waals surface area contributed by atoms with Gasteiger partial charge >= 0.3 is 0 Å². The van der Waals surface area contributed by atoms with Crippen molar-refractivity contribution < 1.29 is 14.3 Å². The van der Waals surface area contributed by atoms with E-state index in [0.717, 1.165) is 5.69 Å². The second-order valence-electron chi connectivity index (χ2n) is 5.45. The van der Waals surface area contributed by atoms with Gasteiger partial charge in [0.15, 0.2) is 6.61 Å². The van der Waals surface area contributed by atoms with E-state index >= 15 is 0 Å². The summed E-state index contributed by atoms with van der Waals surface area (Å²) in [5, 5.41) is 0.488. The fourth-order valence-electron chi connectivity index (χ4n) is 2.50. The lowest BCUT2D eigenvalue weighted by Gasteiger charge is -2.32. The van der Waals surface area contributed by atoms with Gasteiger partial charge in [-0.15, -0.1) is 0 Å². The van der Waals surface area contributed by atoms with Gasteiger partial charge in [0.2, 0.25) is 0 Å². The molecule has 0 bridgehead atoms. The maximum Gasteiger partial charge on any atom is 0.260 e. The zero-order valence-corrected chi connectivity index (χ0v) is 14.1. The molecule has 0 aliphatic carbocycles. The van der Waals surface area contributed by atoms with Crippen molar-refractivity contribution in [3.8, 4) is 5.75 Å². The second kappa shape index (κ2) is 7.59. The number of hydrogen-bond acceptors (Lipinski definition) is 5. The van der Waals surface area contributed by atoms with E-state index in [1.165, 1.54) is 0 Å². The van der Waals surface area contributed by atoms with Crippen LogP contribution in [0, 0.1) is 6.92 Å². The normalized spacial score (nSPS) is 17.6. The lowest BCUT2D eigenvalue weighted by molar-refractivity contribution is -0.141. The topological polar surface area (TPSA) is 64.6 Å². The third-order valence-corrected chi connectivity index (χ3v) is 4.05. The number of carbonyl (C=O) groups excluding carboxylic acids is 1. The van der Waals surface area contributed by atoms with E-state index in [4.69, 9.17) is 21.1 Å². The SMILES string of the molecule is Cc1nccc([C@@H]2CN(C(=O)COc3ccccc3Cl)CCO2)n1. The standard InChI is InChI=1S/C17H18ClN3O3/c1-12-19-7-6-14(20-12)16-10-21(8-9-23-16)17(22)11-24-15-5-3-2-4-13(15)18/h2-7,16H,8-11H2,1H3/t16-/m0/s1. The Balaban J connectivity index is 1.60. The number of ether oxygens (including phenoxy) is 2. The van der Waals surface area contributed by atoms with Crippen LogP contribution in [0.5, 0.6) is 5.75 Å². The molecule has 1 saturated heterocycles. The highest BCUT2D eigenvalue weighted by Crippen LogP contribution is 2.24. The van der Waals surface area contributed by atoms with Crippen LogP contribution >= 0.6 is 11.6 Å². The highest BCUT2D eigenvalue weighted by molar-refractivity contribution is 6.32. The summed E-state index contributed by atoms with van der Waals surface area (Å²) in [6, 6.07) is 8.90. The molecule has 1 aromatic heterocycles. The summed E-state index contributed by atoms with van der Waals surface area (Å²) in [6.07, 6.45) is 1.45. The van der Waals surface area contributed by atoms with Gasteiger partial charge in [0.1, 0.15) is 17.7 Å². The monoisotopic (exact) mass is 347 g/mol. The molecule has 1 aliphatic rings. The van der Waals surface area contributed by atoms with Crippen LogP contribution in [0.1, 0.15) is 17.6 Å². The molecule has 6 nitrogen and oxygen atoms in total. The average Bonchev–Trinajstić information content (AvgIpc) is 2.61. The van der Waals surface area contributed by atoms with E-state index in [9.17, 15) is 4.79 Å². The van der Waals surface area contributed by atoms with Crippen molar-refractivity contribution in [2.75, 3.05) is 26.3 Å². The lowest BCUT2D eigenvalue weighted by atomic mass is 10.2. The van der Waals surface area contributed by atoms with E-state index in [1.807, 2.05) is 25.1 Å². The number of para-hydroxylation sites is 1. The minimum absolute atomic E-state index is 0.0563. The molecular formula is C17H18ClN3O3. The predicted octanol–water partition coefficient (Wildman–Crippen LogP) is 2.42. The maximum absolute atomic E-state index is 12.4. The highest BCUT2D eigenvalue weighted by Gasteiger charge is 2.26. The van der Waals surface area contributed by atoms with E-state index in [-0.39, 0.29) is 18.6 Å². The fraction of sp³-hybridized carbons (Fsp3) is 0.353. The van der Waals surface area contributed by atoms with Crippen molar-refractivity contribution in [2.24, 2.45) is 0 Å². The molecule has 1 aliphatic heterocycles. The van der Waals surface area contributed by atoms with Gasteiger partial charge in [0.25, 0.3) is 5.91 Å². The van der Waals surface area contributed by atoms with E-state index in [0.29, 0.717) is 36.3 Å². The van der Waals surface area contributed by atoms with Crippen LogP contribution in [0.15, 0.2) is 36.5 Å². The molecule has 24 heavy (non-hydrogen) atoms. The zero-order valence-electron chi connectivity index (χ0n) is 13.3. The first-order chi connectivity index (χ1) is 11.6. The van der Waals surface area contributed by atoms with Crippen molar-refractivity contribution in [3.63, 3.8) is 0 Å². The molecular weight excluding hydrogens is 330 g/mol. The molecule has 1 aromatic carbocycles. The summed E-state index contributed by atoms with van der Waals surface area (Å²) < 4.78 is 11.3. The van der Waals surface area contributed by atoms with E-state index in [1.54, 1.807) is 23.2 Å². The first-order valence-corrected chi connectivity index (χ1v) is 8.07. The van der Waals surface area contributed by atoms with Crippen LogP contribution < -0.4 is 4.74 Å². The fourth-order valence-corrected chi connectivity index (χ4v) is 2.69. The Labute approximate surface area is 145 Å². The molecule has 2 aromatic rings. The van der Waals surface area contributed by atoms with Gasteiger partial charge in [0.05, 0.1) is 23.9 Å². The van der Waals surface area contributed by atoms with Crippen LogP contribution in [0.2, 0.25) is 5.02 Å². The summed E-state index contributed by atoms with van der Waals surface area (Å²) in [7, 11) is 0. The van der Waals surface area contributed by atoms with Gasteiger partial charge in [-0.2, -0.15) is 0 Å². The highest BCUT2D eigenvalue weighted by atomic mass is 35.5. The third kappa shape index (κ3) is 4.01. The van der Waals surface area contributed by atoms with Crippen molar-refractivity contribution in [2.45, 2.75) is 13.0 Å². The predicted molar refractivity (Wildman–Crippen MR) is 89.0 cm³/mol. The first-order valence-electron chi connectivity index (χ1n) is 7.70. The van der Waals surface area contributed by atoms with Gasteiger partial charge in [0, 0.05) is 12.7 Å². The molecule has 0 N–H and O–H groups in total. The van der Waals surface area contributed by atoms with Crippen LogP contribution in [0.3, 0.4) is 0 Å². The van der Waals surface area contributed by atoms with Crippen molar-refractivity contribution >= 4 is 17.5 Å². The Morgan fingerprint density at radius 2 is 2.25 bits per heavy atom.